The zero-order valence-electron chi connectivity index (χ0n) is 9.60. The van der Waals surface area contributed by atoms with Gasteiger partial charge in [-0.25, -0.2) is 4.79 Å². The van der Waals surface area contributed by atoms with Crippen molar-refractivity contribution in [3.8, 4) is 0 Å². The van der Waals surface area contributed by atoms with Crippen molar-refractivity contribution in [2.24, 2.45) is 0 Å². The maximum Gasteiger partial charge on any atom is 0.322 e. The average molecular weight is 247 g/mol. The highest BCUT2D eigenvalue weighted by atomic mass is 16.2. The van der Waals surface area contributed by atoms with Crippen LogP contribution in [-0.2, 0) is 16.1 Å². The Morgan fingerprint density at radius 3 is 2.56 bits per heavy atom. The Morgan fingerprint density at radius 1 is 1.22 bits per heavy atom. The van der Waals surface area contributed by atoms with Crippen molar-refractivity contribution in [3.05, 3.63) is 35.9 Å². The summed E-state index contributed by atoms with van der Waals surface area (Å²) in [7, 11) is 0. The topological polar surface area (TPSA) is 87.3 Å². The SMILES string of the molecule is O=C(CC1NC(=O)NC1=O)NCc1ccccc1. The van der Waals surface area contributed by atoms with Gasteiger partial charge in [-0.3, -0.25) is 14.9 Å². The fourth-order valence-electron chi connectivity index (χ4n) is 1.66. The number of carbonyl (C=O) groups excluding carboxylic acids is 3. The summed E-state index contributed by atoms with van der Waals surface area (Å²) < 4.78 is 0. The second-order valence-electron chi connectivity index (χ2n) is 3.98. The fraction of sp³-hybridized carbons (Fsp3) is 0.250. The lowest BCUT2D eigenvalue weighted by Gasteiger charge is -2.08. The molecule has 2 rings (SSSR count). The van der Waals surface area contributed by atoms with E-state index in [-0.39, 0.29) is 12.3 Å². The normalized spacial score (nSPS) is 18.1. The van der Waals surface area contributed by atoms with Crippen LogP contribution >= 0.6 is 0 Å². The Bertz CT molecular complexity index is 473. The van der Waals surface area contributed by atoms with Gasteiger partial charge in [-0.1, -0.05) is 30.3 Å². The summed E-state index contributed by atoms with van der Waals surface area (Å²) >= 11 is 0. The highest BCUT2D eigenvalue weighted by Gasteiger charge is 2.30. The highest BCUT2D eigenvalue weighted by molar-refractivity contribution is 6.05. The van der Waals surface area contributed by atoms with Gasteiger partial charge in [-0.2, -0.15) is 0 Å². The summed E-state index contributed by atoms with van der Waals surface area (Å²) in [6, 6.07) is 8.12. The number of hydrogen-bond acceptors (Lipinski definition) is 3. The van der Waals surface area contributed by atoms with E-state index in [0.717, 1.165) is 5.56 Å². The number of carbonyl (C=O) groups is 3. The standard InChI is InChI=1S/C12H13N3O3/c16-10(6-9-11(17)15-12(18)14-9)13-7-8-4-2-1-3-5-8/h1-5,9H,6-7H2,(H,13,16)(H2,14,15,17,18). The molecule has 1 aromatic carbocycles. The first-order valence-electron chi connectivity index (χ1n) is 5.57. The molecule has 1 unspecified atom stereocenters. The lowest BCUT2D eigenvalue weighted by atomic mass is 10.2. The second kappa shape index (κ2) is 5.31. The molecular formula is C12H13N3O3. The van der Waals surface area contributed by atoms with Crippen LogP contribution in [0.3, 0.4) is 0 Å². The van der Waals surface area contributed by atoms with Crippen molar-refractivity contribution in [1.29, 1.82) is 0 Å². The number of urea groups is 1. The molecule has 0 saturated carbocycles. The molecule has 0 radical (unpaired) electrons. The van der Waals surface area contributed by atoms with Gasteiger partial charge in [0.15, 0.2) is 0 Å². The van der Waals surface area contributed by atoms with Crippen LogP contribution < -0.4 is 16.0 Å². The summed E-state index contributed by atoms with van der Waals surface area (Å²) in [5.74, 6) is -0.740. The van der Waals surface area contributed by atoms with Gasteiger partial charge in [0.1, 0.15) is 6.04 Å². The van der Waals surface area contributed by atoms with E-state index in [0.29, 0.717) is 6.54 Å². The molecule has 1 aliphatic rings. The number of rotatable bonds is 4. The monoisotopic (exact) mass is 247 g/mol. The molecule has 1 aromatic rings. The van der Waals surface area contributed by atoms with Crippen molar-refractivity contribution in [2.45, 2.75) is 19.0 Å². The fourth-order valence-corrected chi connectivity index (χ4v) is 1.66. The molecule has 1 heterocycles. The van der Waals surface area contributed by atoms with Crippen molar-refractivity contribution in [3.63, 3.8) is 0 Å². The zero-order valence-corrected chi connectivity index (χ0v) is 9.60. The molecule has 6 heteroatoms. The molecule has 0 spiro atoms. The summed E-state index contributed by atoms with van der Waals surface area (Å²) in [4.78, 5) is 33.7. The summed E-state index contributed by atoms with van der Waals surface area (Å²) in [5, 5.41) is 7.14. The predicted octanol–water partition coefficient (Wildman–Crippen LogP) is -0.0991. The first-order valence-corrected chi connectivity index (χ1v) is 5.57. The Balaban J connectivity index is 1.79. The van der Waals surface area contributed by atoms with Gasteiger partial charge >= 0.3 is 6.03 Å². The van der Waals surface area contributed by atoms with E-state index in [1.54, 1.807) is 0 Å². The van der Waals surface area contributed by atoms with Gasteiger partial charge in [0.2, 0.25) is 5.91 Å². The highest BCUT2D eigenvalue weighted by Crippen LogP contribution is 2.01. The van der Waals surface area contributed by atoms with Gasteiger partial charge in [-0.15, -0.1) is 0 Å². The lowest BCUT2D eigenvalue weighted by molar-refractivity contribution is -0.126. The van der Waals surface area contributed by atoms with Crippen molar-refractivity contribution >= 4 is 17.8 Å². The molecule has 18 heavy (non-hydrogen) atoms. The Kier molecular flexibility index (Phi) is 3.57. The maximum atomic E-state index is 11.6. The van der Waals surface area contributed by atoms with Gasteiger partial charge in [-0.05, 0) is 5.56 Å². The zero-order chi connectivity index (χ0) is 13.0. The molecule has 0 aromatic heterocycles. The van der Waals surface area contributed by atoms with E-state index < -0.39 is 18.0 Å². The average Bonchev–Trinajstić information content (AvgIpc) is 2.67. The Morgan fingerprint density at radius 2 is 1.94 bits per heavy atom. The summed E-state index contributed by atoms with van der Waals surface area (Å²) in [6.45, 7) is 0.405. The molecule has 1 saturated heterocycles. The third-order valence-corrected chi connectivity index (χ3v) is 2.58. The van der Waals surface area contributed by atoms with E-state index in [4.69, 9.17) is 0 Å². The third-order valence-electron chi connectivity index (χ3n) is 2.58. The lowest BCUT2D eigenvalue weighted by Crippen LogP contribution is -2.36. The number of imide groups is 1. The predicted molar refractivity (Wildman–Crippen MR) is 63.4 cm³/mol. The molecule has 3 N–H and O–H groups in total. The first-order chi connectivity index (χ1) is 8.65. The molecular weight excluding hydrogens is 234 g/mol. The van der Waals surface area contributed by atoms with Crippen LogP contribution in [0.15, 0.2) is 30.3 Å². The van der Waals surface area contributed by atoms with Gasteiger partial charge < -0.3 is 10.6 Å². The molecule has 1 atom stereocenters. The molecule has 1 fully saturated rings. The van der Waals surface area contributed by atoms with Crippen molar-refractivity contribution in [1.82, 2.24) is 16.0 Å². The van der Waals surface area contributed by atoms with Crippen LogP contribution in [0.1, 0.15) is 12.0 Å². The largest absolute Gasteiger partial charge is 0.352 e. The van der Waals surface area contributed by atoms with Crippen LogP contribution in [0.25, 0.3) is 0 Å². The minimum absolute atomic E-state index is 0.0512. The van der Waals surface area contributed by atoms with Crippen LogP contribution in [-0.4, -0.2) is 23.9 Å². The molecule has 0 aliphatic carbocycles. The van der Waals surface area contributed by atoms with Gasteiger partial charge in [0, 0.05) is 6.54 Å². The molecule has 4 amide bonds. The minimum atomic E-state index is -0.770. The number of nitrogens with one attached hydrogen (secondary N) is 3. The maximum absolute atomic E-state index is 11.6. The van der Waals surface area contributed by atoms with E-state index in [1.807, 2.05) is 30.3 Å². The van der Waals surface area contributed by atoms with Crippen LogP contribution in [0, 0.1) is 0 Å². The number of hydrogen-bond donors (Lipinski definition) is 3. The minimum Gasteiger partial charge on any atom is -0.352 e. The van der Waals surface area contributed by atoms with Gasteiger partial charge in [0.05, 0.1) is 6.42 Å². The summed E-state index contributed by atoms with van der Waals surface area (Å²) in [6.07, 6.45) is -0.0512. The number of amides is 4. The first kappa shape index (κ1) is 12.1. The van der Waals surface area contributed by atoms with Crippen molar-refractivity contribution < 1.29 is 14.4 Å². The van der Waals surface area contributed by atoms with Crippen molar-refractivity contribution in [2.75, 3.05) is 0 Å². The molecule has 94 valence electrons. The smallest absolute Gasteiger partial charge is 0.322 e. The van der Waals surface area contributed by atoms with Crippen LogP contribution in [0.5, 0.6) is 0 Å². The quantitative estimate of drug-likeness (QED) is 0.649. The molecule has 0 bridgehead atoms. The molecule has 6 nitrogen and oxygen atoms in total. The van der Waals surface area contributed by atoms with E-state index in [1.165, 1.54) is 0 Å². The van der Waals surface area contributed by atoms with Crippen LogP contribution in [0.2, 0.25) is 0 Å². The third kappa shape index (κ3) is 3.07. The Labute approximate surface area is 104 Å². The van der Waals surface area contributed by atoms with Gasteiger partial charge in [0.25, 0.3) is 5.91 Å². The van der Waals surface area contributed by atoms with E-state index >= 15 is 0 Å². The second-order valence-corrected chi connectivity index (χ2v) is 3.98. The van der Waals surface area contributed by atoms with E-state index in [2.05, 4.69) is 16.0 Å². The number of benzene rings is 1. The van der Waals surface area contributed by atoms with Crippen LogP contribution in [0.4, 0.5) is 4.79 Å². The molecule has 1 aliphatic heterocycles. The summed E-state index contributed by atoms with van der Waals surface area (Å²) in [5.41, 5.74) is 0.978. The van der Waals surface area contributed by atoms with E-state index in [9.17, 15) is 14.4 Å². The Hall–Kier alpha value is -2.37.